The molecule has 0 bridgehead atoms. The molecule has 1 amide bonds. The molecule has 104 valence electrons. The predicted molar refractivity (Wildman–Crippen MR) is 68.7 cm³/mol. The summed E-state index contributed by atoms with van der Waals surface area (Å²) in [6.45, 7) is 5.37. The van der Waals surface area contributed by atoms with Crippen molar-refractivity contribution >= 4 is 5.91 Å². The van der Waals surface area contributed by atoms with Gasteiger partial charge >= 0.3 is 5.91 Å². The summed E-state index contributed by atoms with van der Waals surface area (Å²) in [5.74, 6) is 0.360. The van der Waals surface area contributed by atoms with Crippen LogP contribution in [-0.2, 0) is 14.3 Å². The van der Waals surface area contributed by atoms with Crippen molar-refractivity contribution in [3.63, 3.8) is 0 Å². The van der Waals surface area contributed by atoms with Crippen molar-refractivity contribution in [1.82, 2.24) is 0 Å². The Labute approximate surface area is 110 Å². The Bertz CT molecular complexity index is 276. The summed E-state index contributed by atoms with van der Waals surface area (Å²) in [5.41, 5.74) is 0. The van der Waals surface area contributed by atoms with Crippen molar-refractivity contribution in [3.05, 3.63) is 0 Å². The van der Waals surface area contributed by atoms with Gasteiger partial charge in [-0.2, -0.15) is 0 Å². The molecule has 4 nitrogen and oxygen atoms in total. The van der Waals surface area contributed by atoms with Crippen molar-refractivity contribution in [3.8, 4) is 0 Å². The van der Waals surface area contributed by atoms with Crippen LogP contribution in [0.4, 0.5) is 0 Å². The molecule has 2 heterocycles. The van der Waals surface area contributed by atoms with E-state index in [4.69, 9.17) is 9.47 Å². The lowest BCUT2D eigenvalue weighted by molar-refractivity contribution is -0.869. The van der Waals surface area contributed by atoms with Crippen LogP contribution in [0.2, 0.25) is 0 Å². The van der Waals surface area contributed by atoms with E-state index in [2.05, 4.69) is 6.92 Å². The second-order valence-electron chi connectivity index (χ2n) is 5.54. The van der Waals surface area contributed by atoms with E-state index >= 15 is 0 Å². The van der Waals surface area contributed by atoms with E-state index < -0.39 is 0 Å². The Kier molecular flexibility index (Phi) is 5.15. The molecule has 2 aliphatic rings. The van der Waals surface area contributed by atoms with Gasteiger partial charge in [0, 0.05) is 13.0 Å². The van der Waals surface area contributed by atoms with Crippen molar-refractivity contribution in [1.29, 1.82) is 0 Å². The highest BCUT2D eigenvalue weighted by Crippen LogP contribution is 2.24. The lowest BCUT2D eigenvalue weighted by Crippen LogP contribution is -2.52. The molecule has 4 heteroatoms. The number of unbranched alkanes of at least 4 members (excludes halogenated alkanes) is 1. The Morgan fingerprint density at radius 1 is 1.39 bits per heavy atom. The maximum Gasteiger partial charge on any atom is 0.315 e. The maximum atomic E-state index is 12.1. The molecule has 0 saturated carbocycles. The van der Waals surface area contributed by atoms with Crippen molar-refractivity contribution in [2.45, 2.75) is 58.2 Å². The fraction of sp³-hybridized carbons (Fsp3) is 0.929. The Hall–Kier alpha value is -0.450. The van der Waals surface area contributed by atoms with Gasteiger partial charge < -0.3 is 9.47 Å². The van der Waals surface area contributed by atoms with Crippen LogP contribution < -0.4 is 0 Å². The molecule has 2 aliphatic heterocycles. The average Bonchev–Trinajstić information content (AvgIpc) is 2.77. The van der Waals surface area contributed by atoms with Gasteiger partial charge in [-0.15, -0.1) is 0 Å². The van der Waals surface area contributed by atoms with Gasteiger partial charge in [0.05, 0.1) is 19.5 Å². The second-order valence-corrected chi connectivity index (χ2v) is 5.54. The minimum absolute atomic E-state index is 0.0798. The number of nitrogens with zero attached hydrogens (tertiary/aromatic N) is 1. The summed E-state index contributed by atoms with van der Waals surface area (Å²) < 4.78 is 12.0. The quantitative estimate of drug-likeness (QED) is 0.685. The Morgan fingerprint density at radius 2 is 2.28 bits per heavy atom. The van der Waals surface area contributed by atoms with Gasteiger partial charge in [0.2, 0.25) is 0 Å². The molecule has 0 aromatic rings. The number of likely N-dealkylation sites (tertiary alicyclic amines) is 1. The summed E-state index contributed by atoms with van der Waals surface area (Å²) in [6, 6.07) is 0. The van der Waals surface area contributed by atoms with Gasteiger partial charge in [-0.3, -0.25) is 0 Å². The van der Waals surface area contributed by atoms with E-state index in [1.807, 2.05) is 0 Å². The average molecular weight is 256 g/mol. The van der Waals surface area contributed by atoms with Gasteiger partial charge in [0.25, 0.3) is 0 Å². The highest BCUT2D eigenvalue weighted by atomic mass is 16.7. The summed E-state index contributed by atoms with van der Waals surface area (Å²) in [7, 11) is 0. The molecule has 0 N–H and O–H groups in total. The predicted octanol–water partition coefficient (Wildman–Crippen LogP) is 2.42. The van der Waals surface area contributed by atoms with E-state index in [0.29, 0.717) is 17.1 Å². The minimum atomic E-state index is -0.0798. The molecule has 0 aromatic carbocycles. The van der Waals surface area contributed by atoms with Crippen LogP contribution in [0, 0.1) is 0 Å². The third-order valence-corrected chi connectivity index (χ3v) is 4.09. The van der Waals surface area contributed by atoms with E-state index in [-0.39, 0.29) is 6.29 Å². The molecule has 18 heavy (non-hydrogen) atoms. The van der Waals surface area contributed by atoms with E-state index in [1.165, 1.54) is 6.42 Å². The van der Waals surface area contributed by atoms with Crippen LogP contribution in [-0.4, -0.2) is 43.1 Å². The molecule has 0 radical (unpaired) electrons. The van der Waals surface area contributed by atoms with Crippen LogP contribution >= 0.6 is 0 Å². The largest absolute Gasteiger partial charge is 0.352 e. The molecule has 2 unspecified atom stereocenters. The first-order valence-electron chi connectivity index (χ1n) is 7.39. The first kappa shape index (κ1) is 14.0. The minimum Gasteiger partial charge on any atom is -0.352 e. The SMILES string of the molecule is CCCC[N+]1(COC2CCCCO2)CCCC1=O. The Morgan fingerprint density at radius 3 is 2.89 bits per heavy atom. The lowest BCUT2D eigenvalue weighted by atomic mass is 10.2. The van der Waals surface area contributed by atoms with E-state index in [0.717, 1.165) is 58.2 Å². The number of carbonyl (C=O) groups excluding carboxylic acids is 1. The summed E-state index contributed by atoms with van der Waals surface area (Å²) >= 11 is 0. The lowest BCUT2D eigenvalue weighted by Gasteiger charge is -2.33. The van der Waals surface area contributed by atoms with Crippen LogP contribution in [0.15, 0.2) is 0 Å². The van der Waals surface area contributed by atoms with Crippen LogP contribution in [0.25, 0.3) is 0 Å². The van der Waals surface area contributed by atoms with Crippen LogP contribution in [0.3, 0.4) is 0 Å². The summed E-state index contributed by atoms with van der Waals surface area (Å²) in [6.07, 6.45) is 7.16. The fourth-order valence-corrected chi connectivity index (χ4v) is 2.86. The first-order valence-corrected chi connectivity index (χ1v) is 7.39. The number of ether oxygens (including phenoxy) is 2. The monoisotopic (exact) mass is 256 g/mol. The fourth-order valence-electron chi connectivity index (χ4n) is 2.86. The van der Waals surface area contributed by atoms with Gasteiger partial charge in [-0.05, 0) is 25.7 Å². The van der Waals surface area contributed by atoms with E-state index in [1.54, 1.807) is 0 Å². The van der Waals surface area contributed by atoms with Crippen molar-refractivity contribution < 1.29 is 18.8 Å². The topological polar surface area (TPSA) is 35.5 Å². The van der Waals surface area contributed by atoms with Gasteiger partial charge in [-0.25, -0.2) is 9.28 Å². The maximum absolute atomic E-state index is 12.1. The third kappa shape index (κ3) is 3.31. The number of quaternary nitrogens is 1. The highest BCUT2D eigenvalue weighted by Gasteiger charge is 2.41. The molecule has 2 rings (SSSR count). The number of hydrogen-bond acceptors (Lipinski definition) is 3. The number of carbonyl (C=O) groups is 1. The molecular formula is C14H26NO3+. The Balaban J connectivity index is 1.86. The van der Waals surface area contributed by atoms with Crippen LogP contribution in [0.5, 0.6) is 0 Å². The van der Waals surface area contributed by atoms with E-state index in [9.17, 15) is 4.79 Å². The second kappa shape index (κ2) is 6.64. The molecule has 2 fully saturated rings. The zero-order valence-electron chi connectivity index (χ0n) is 11.5. The molecule has 0 aromatic heterocycles. The van der Waals surface area contributed by atoms with Gasteiger partial charge in [0.15, 0.2) is 13.0 Å². The first-order chi connectivity index (χ1) is 8.77. The molecular weight excluding hydrogens is 230 g/mol. The third-order valence-electron chi connectivity index (χ3n) is 4.09. The zero-order valence-corrected chi connectivity index (χ0v) is 11.5. The summed E-state index contributed by atoms with van der Waals surface area (Å²) in [5, 5.41) is 0. The van der Waals surface area contributed by atoms with Crippen molar-refractivity contribution in [2.24, 2.45) is 0 Å². The normalized spacial score (nSPS) is 32.9. The smallest absolute Gasteiger partial charge is 0.315 e. The van der Waals surface area contributed by atoms with Gasteiger partial charge in [0.1, 0.15) is 0 Å². The molecule has 2 saturated heterocycles. The summed E-state index contributed by atoms with van der Waals surface area (Å²) in [4.78, 5) is 12.1. The number of amides is 1. The number of rotatable bonds is 6. The molecule has 0 spiro atoms. The molecule has 2 atom stereocenters. The van der Waals surface area contributed by atoms with Gasteiger partial charge in [-0.1, -0.05) is 13.3 Å². The van der Waals surface area contributed by atoms with Crippen LogP contribution in [0.1, 0.15) is 51.9 Å². The number of hydrogen-bond donors (Lipinski definition) is 0. The zero-order chi connectivity index (χ0) is 12.8. The molecule has 0 aliphatic carbocycles. The highest BCUT2D eigenvalue weighted by molar-refractivity contribution is 5.70. The standard InChI is InChI=1S/C14H26NO3/c1-2-3-9-15(10-6-7-13(15)16)12-18-14-8-4-5-11-17-14/h14H,2-12H2,1H3/q+1. The van der Waals surface area contributed by atoms with Crippen molar-refractivity contribution in [2.75, 3.05) is 26.4 Å².